The molecule has 0 aliphatic carbocycles. The minimum atomic E-state index is -4.47. The number of carbonyl (C=O) groups excluding carboxylic acids is 4. The van der Waals surface area contributed by atoms with Crippen molar-refractivity contribution in [2.24, 2.45) is 11.5 Å². The van der Waals surface area contributed by atoms with Crippen molar-refractivity contribution in [1.82, 2.24) is 16.0 Å². The summed E-state index contributed by atoms with van der Waals surface area (Å²) in [5, 5.41) is 16.3. The number of aldehydes is 1. The Balaban J connectivity index is 2.97. The molecule has 0 fully saturated rings. The fourth-order valence-corrected chi connectivity index (χ4v) is 4.47. The van der Waals surface area contributed by atoms with Crippen LogP contribution in [0.2, 0.25) is 0 Å². The predicted molar refractivity (Wildman–Crippen MR) is 147 cm³/mol. The lowest BCUT2D eigenvalue weighted by Gasteiger charge is -2.24. The summed E-state index contributed by atoms with van der Waals surface area (Å²) in [6, 6.07) is 0.927. The van der Waals surface area contributed by atoms with Crippen molar-refractivity contribution in [3.8, 4) is 0 Å². The van der Waals surface area contributed by atoms with E-state index < -0.39 is 60.0 Å². The van der Waals surface area contributed by atoms with Crippen molar-refractivity contribution in [2.45, 2.75) is 76.0 Å². The number of hydrogen-bond acceptors (Lipinski definition) is 8. The van der Waals surface area contributed by atoms with Gasteiger partial charge in [-0.25, -0.2) is 0 Å². The molecule has 3 amide bonds. The highest BCUT2D eigenvalue weighted by atomic mass is 32.2. The number of halogens is 3. The molecule has 1 rings (SSSR count). The van der Waals surface area contributed by atoms with E-state index in [-0.39, 0.29) is 42.0 Å². The molecule has 1 unspecified atom stereocenters. The Morgan fingerprint density at radius 1 is 1.02 bits per heavy atom. The zero-order valence-electron chi connectivity index (χ0n) is 22.8. The molecule has 1 aromatic rings. The van der Waals surface area contributed by atoms with Crippen LogP contribution >= 0.6 is 11.8 Å². The number of alkyl halides is 3. The van der Waals surface area contributed by atoms with Crippen LogP contribution in [-0.4, -0.2) is 59.8 Å². The van der Waals surface area contributed by atoms with Crippen LogP contribution in [0.25, 0.3) is 0 Å². The number of carboxylic acid groups (broad SMARTS) is 1. The second-order valence-corrected chi connectivity index (χ2v) is 10.1. The Hall–Kier alpha value is -3.59. The van der Waals surface area contributed by atoms with Crippen LogP contribution in [0.4, 0.5) is 13.2 Å². The van der Waals surface area contributed by atoms with Gasteiger partial charge in [0.05, 0.1) is 22.9 Å². The van der Waals surface area contributed by atoms with Gasteiger partial charge in [-0.05, 0) is 50.4 Å². The number of benzene rings is 1. The smallest absolute Gasteiger partial charge is 0.416 e. The molecule has 0 spiro atoms. The summed E-state index contributed by atoms with van der Waals surface area (Å²) in [4.78, 5) is 61.1. The number of carboxylic acids is 1. The first kappa shape index (κ1) is 35.4. The Kier molecular flexibility index (Phi) is 14.9. The first-order valence-corrected chi connectivity index (χ1v) is 13.8. The fourth-order valence-electron chi connectivity index (χ4n) is 3.55. The highest BCUT2D eigenvalue weighted by Gasteiger charge is 2.30. The minimum Gasteiger partial charge on any atom is -0.481 e. The normalized spacial score (nSPS) is 14.2. The Morgan fingerprint density at radius 3 is 2.10 bits per heavy atom. The molecule has 228 valence electrons. The van der Waals surface area contributed by atoms with Crippen LogP contribution in [0.5, 0.6) is 0 Å². The Labute approximate surface area is 240 Å². The number of amides is 3. The first-order chi connectivity index (χ1) is 19.2. The third-order valence-electron chi connectivity index (χ3n) is 5.64. The largest absolute Gasteiger partial charge is 0.481 e. The van der Waals surface area contributed by atoms with Crippen molar-refractivity contribution in [1.29, 1.82) is 0 Å². The van der Waals surface area contributed by atoms with E-state index in [1.54, 1.807) is 6.92 Å². The van der Waals surface area contributed by atoms with Gasteiger partial charge >= 0.3 is 12.1 Å². The van der Waals surface area contributed by atoms with Gasteiger partial charge in [0.1, 0.15) is 18.4 Å². The lowest BCUT2D eigenvalue weighted by atomic mass is 10.1. The predicted octanol–water partition coefficient (Wildman–Crippen LogP) is 1.80. The van der Waals surface area contributed by atoms with Crippen molar-refractivity contribution in [3.63, 3.8) is 0 Å². The summed E-state index contributed by atoms with van der Waals surface area (Å²) in [5.41, 5.74) is 11.3. The molecule has 0 aliphatic rings. The van der Waals surface area contributed by atoms with Gasteiger partial charge in [-0.1, -0.05) is 25.5 Å². The lowest BCUT2D eigenvalue weighted by Crippen LogP contribution is -2.55. The standard InChI is InChI=1S/C26H36F3N5O6S/c1-3-5-19(24(39)33-20(6-4-11-30)23(38)32-18(13-35)12-21(36)37)34-25(40)22(15(2)31)41-14-16-7-9-17(10-8-16)26(27,28)29/h7-10,13,18-20H,3-6,11-12,14,30-31H2,1-2H3,(H,32,38)(H,33,39)(H,34,40)(H,36,37)/b22-15-/t18-,19?,20-/m0/s1. The van der Waals surface area contributed by atoms with E-state index in [9.17, 15) is 37.1 Å². The van der Waals surface area contributed by atoms with Gasteiger partial charge in [0, 0.05) is 11.4 Å². The minimum absolute atomic E-state index is 0.0683. The number of rotatable bonds is 17. The molecule has 0 saturated carbocycles. The van der Waals surface area contributed by atoms with Crippen molar-refractivity contribution in [3.05, 3.63) is 46.0 Å². The number of nitrogens with two attached hydrogens (primary N) is 2. The van der Waals surface area contributed by atoms with E-state index >= 15 is 0 Å². The molecule has 0 heterocycles. The van der Waals surface area contributed by atoms with Crippen molar-refractivity contribution < 1.29 is 42.3 Å². The van der Waals surface area contributed by atoms with Crippen LogP contribution in [0, 0.1) is 0 Å². The van der Waals surface area contributed by atoms with E-state index in [0.717, 1.165) is 23.9 Å². The van der Waals surface area contributed by atoms with E-state index in [2.05, 4.69) is 16.0 Å². The molecule has 11 nitrogen and oxygen atoms in total. The van der Waals surface area contributed by atoms with Crippen LogP contribution in [0.3, 0.4) is 0 Å². The van der Waals surface area contributed by atoms with Gasteiger partial charge in [-0.15, -0.1) is 11.8 Å². The summed E-state index contributed by atoms with van der Waals surface area (Å²) in [7, 11) is 0. The summed E-state index contributed by atoms with van der Waals surface area (Å²) in [6.45, 7) is 3.44. The maximum absolute atomic E-state index is 13.1. The summed E-state index contributed by atoms with van der Waals surface area (Å²) in [6.07, 6.45) is -3.75. The zero-order chi connectivity index (χ0) is 31.2. The number of allylic oxidation sites excluding steroid dienone is 1. The number of aliphatic carboxylic acids is 1. The molecule has 8 N–H and O–H groups in total. The van der Waals surface area contributed by atoms with Crippen LogP contribution in [0.1, 0.15) is 57.1 Å². The van der Waals surface area contributed by atoms with Crippen LogP contribution in [0.15, 0.2) is 34.9 Å². The molecular formula is C26H36F3N5O6S. The average Bonchev–Trinajstić information content (AvgIpc) is 2.89. The summed E-state index contributed by atoms with van der Waals surface area (Å²) >= 11 is 0.991. The van der Waals surface area contributed by atoms with E-state index in [0.29, 0.717) is 18.4 Å². The Morgan fingerprint density at radius 2 is 1.61 bits per heavy atom. The number of thioether (sulfide) groups is 1. The van der Waals surface area contributed by atoms with E-state index in [1.807, 2.05) is 0 Å². The molecule has 15 heteroatoms. The van der Waals surface area contributed by atoms with Crippen molar-refractivity contribution in [2.75, 3.05) is 6.54 Å². The van der Waals surface area contributed by atoms with Gasteiger partial charge in [0.25, 0.3) is 5.91 Å². The van der Waals surface area contributed by atoms with Gasteiger partial charge in [-0.3, -0.25) is 19.2 Å². The number of hydrogen-bond donors (Lipinski definition) is 6. The van der Waals surface area contributed by atoms with Gasteiger partial charge < -0.3 is 37.3 Å². The molecule has 41 heavy (non-hydrogen) atoms. The molecule has 1 aromatic carbocycles. The Bertz CT molecular complexity index is 1090. The quantitative estimate of drug-likeness (QED) is 0.114. The van der Waals surface area contributed by atoms with Crippen molar-refractivity contribution >= 4 is 41.7 Å². The monoisotopic (exact) mass is 603 g/mol. The highest BCUT2D eigenvalue weighted by molar-refractivity contribution is 8.03. The second kappa shape index (κ2) is 17.3. The topological polar surface area (TPSA) is 194 Å². The lowest BCUT2D eigenvalue weighted by molar-refractivity contribution is -0.139. The molecule has 0 saturated heterocycles. The second-order valence-electron chi connectivity index (χ2n) is 9.15. The maximum Gasteiger partial charge on any atom is 0.416 e. The first-order valence-electron chi connectivity index (χ1n) is 12.8. The van der Waals surface area contributed by atoms with Gasteiger partial charge in [-0.2, -0.15) is 13.2 Å². The van der Waals surface area contributed by atoms with E-state index in [1.165, 1.54) is 19.1 Å². The molecule has 3 atom stereocenters. The van der Waals surface area contributed by atoms with Crippen LogP contribution in [-0.2, 0) is 35.9 Å². The molecule has 0 radical (unpaired) electrons. The third kappa shape index (κ3) is 12.6. The fraction of sp³-hybridized carbons (Fsp3) is 0.500. The third-order valence-corrected chi connectivity index (χ3v) is 6.92. The average molecular weight is 604 g/mol. The summed E-state index contributed by atoms with van der Waals surface area (Å²) in [5.74, 6) is -3.32. The van der Waals surface area contributed by atoms with E-state index in [4.69, 9.17) is 16.6 Å². The van der Waals surface area contributed by atoms with Gasteiger partial charge in [0.15, 0.2) is 0 Å². The molecular weight excluding hydrogens is 567 g/mol. The van der Waals surface area contributed by atoms with Gasteiger partial charge in [0.2, 0.25) is 11.8 Å². The highest BCUT2D eigenvalue weighted by Crippen LogP contribution is 2.30. The number of carbonyl (C=O) groups is 5. The zero-order valence-corrected chi connectivity index (χ0v) is 23.6. The SMILES string of the molecule is CCCC(NC(=O)/C(SCc1ccc(C(F)(F)F)cc1)=C(\C)N)C(=O)N[C@@H](CCCN)C(=O)N[C@H](C=O)CC(=O)O. The molecule has 0 bridgehead atoms. The number of nitrogens with one attached hydrogen (secondary N) is 3. The van der Waals surface area contributed by atoms with Crippen LogP contribution < -0.4 is 27.4 Å². The molecule has 0 aliphatic heterocycles. The summed E-state index contributed by atoms with van der Waals surface area (Å²) < 4.78 is 38.5. The molecule has 0 aromatic heterocycles. The maximum atomic E-state index is 13.1.